The molecular formula is C16H18ClFN4O. The van der Waals surface area contributed by atoms with Gasteiger partial charge >= 0.3 is 6.03 Å². The Morgan fingerprint density at radius 3 is 3.09 bits per heavy atom. The van der Waals surface area contributed by atoms with Crippen molar-refractivity contribution in [2.45, 2.75) is 31.8 Å². The molecule has 1 atom stereocenters. The third kappa shape index (κ3) is 3.64. The molecule has 23 heavy (non-hydrogen) atoms. The first-order valence-corrected chi connectivity index (χ1v) is 8.00. The van der Waals surface area contributed by atoms with Crippen molar-refractivity contribution in [2.24, 2.45) is 0 Å². The SMILES string of the molecule is O=C(NCc1ccc(Cl)cc1F)N1CCCCC1c1ncc[nH]1. The number of H-pyrrole nitrogens is 1. The molecule has 5 nitrogen and oxygen atoms in total. The van der Waals surface area contributed by atoms with Gasteiger partial charge in [-0.15, -0.1) is 0 Å². The van der Waals surface area contributed by atoms with Crippen LogP contribution in [0.15, 0.2) is 30.6 Å². The molecule has 1 aromatic heterocycles. The van der Waals surface area contributed by atoms with Crippen LogP contribution in [-0.4, -0.2) is 27.4 Å². The highest BCUT2D eigenvalue weighted by Crippen LogP contribution is 2.28. The molecular weight excluding hydrogens is 319 g/mol. The number of aromatic nitrogens is 2. The average molecular weight is 337 g/mol. The van der Waals surface area contributed by atoms with E-state index in [1.807, 2.05) is 0 Å². The fourth-order valence-electron chi connectivity index (χ4n) is 2.86. The monoisotopic (exact) mass is 336 g/mol. The molecule has 1 aliphatic heterocycles. The maximum absolute atomic E-state index is 13.8. The van der Waals surface area contributed by atoms with Gasteiger partial charge in [0, 0.05) is 36.1 Å². The van der Waals surface area contributed by atoms with Crippen LogP contribution in [0.5, 0.6) is 0 Å². The van der Waals surface area contributed by atoms with Gasteiger partial charge in [-0.1, -0.05) is 17.7 Å². The number of amides is 2. The minimum atomic E-state index is -0.418. The lowest BCUT2D eigenvalue weighted by Gasteiger charge is -2.34. The Morgan fingerprint density at radius 1 is 1.48 bits per heavy atom. The predicted molar refractivity (Wildman–Crippen MR) is 85.5 cm³/mol. The van der Waals surface area contributed by atoms with Crippen molar-refractivity contribution in [3.63, 3.8) is 0 Å². The van der Waals surface area contributed by atoms with Gasteiger partial charge in [0.05, 0.1) is 6.04 Å². The first kappa shape index (κ1) is 15.8. The Labute approximate surface area is 138 Å². The van der Waals surface area contributed by atoms with Gasteiger partial charge in [-0.2, -0.15) is 0 Å². The lowest BCUT2D eigenvalue weighted by molar-refractivity contribution is 0.147. The Morgan fingerprint density at radius 2 is 2.35 bits per heavy atom. The summed E-state index contributed by atoms with van der Waals surface area (Å²) < 4.78 is 13.8. The molecule has 2 aromatic rings. The van der Waals surface area contributed by atoms with Gasteiger partial charge < -0.3 is 15.2 Å². The van der Waals surface area contributed by atoms with Gasteiger partial charge in [0.15, 0.2) is 0 Å². The molecule has 0 radical (unpaired) electrons. The summed E-state index contributed by atoms with van der Waals surface area (Å²) in [6.45, 7) is 0.795. The molecule has 3 rings (SSSR count). The summed E-state index contributed by atoms with van der Waals surface area (Å²) >= 11 is 5.73. The lowest BCUT2D eigenvalue weighted by Crippen LogP contribution is -2.44. The van der Waals surface area contributed by atoms with Crippen molar-refractivity contribution < 1.29 is 9.18 Å². The molecule has 7 heteroatoms. The van der Waals surface area contributed by atoms with Gasteiger partial charge in [0.2, 0.25) is 0 Å². The van der Waals surface area contributed by atoms with E-state index in [9.17, 15) is 9.18 Å². The van der Waals surface area contributed by atoms with E-state index in [2.05, 4.69) is 15.3 Å². The first-order valence-electron chi connectivity index (χ1n) is 7.63. The zero-order valence-corrected chi connectivity index (χ0v) is 13.3. The van der Waals surface area contributed by atoms with E-state index in [4.69, 9.17) is 11.6 Å². The molecule has 0 spiro atoms. The van der Waals surface area contributed by atoms with E-state index >= 15 is 0 Å². The van der Waals surface area contributed by atoms with Crippen LogP contribution in [0.4, 0.5) is 9.18 Å². The number of carbonyl (C=O) groups excluding carboxylic acids is 1. The largest absolute Gasteiger partial charge is 0.347 e. The number of urea groups is 1. The van der Waals surface area contributed by atoms with Crippen molar-refractivity contribution >= 4 is 17.6 Å². The summed E-state index contributed by atoms with van der Waals surface area (Å²) in [7, 11) is 0. The van der Waals surface area contributed by atoms with Crippen molar-refractivity contribution in [1.29, 1.82) is 0 Å². The highest BCUT2D eigenvalue weighted by molar-refractivity contribution is 6.30. The summed E-state index contributed by atoms with van der Waals surface area (Å²) in [5, 5.41) is 3.12. The number of hydrogen-bond acceptors (Lipinski definition) is 2. The van der Waals surface area contributed by atoms with Crippen molar-refractivity contribution in [2.75, 3.05) is 6.54 Å². The van der Waals surface area contributed by atoms with Gasteiger partial charge in [-0.3, -0.25) is 0 Å². The Balaban J connectivity index is 1.66. The van der Waals surface area contributed by atoms with Crippen molar-refractivity contribution in [3.05, 3.63) is 52.8 Å². The molecule has 1 aromatic carbocycles. The maximum atomic E-state index is 13.8. The van der Waals surface area contributed by atoms with Gasteiger partial charge in [0.1, 0.15) is 11.6 Å². The molecule has 2 amide bonds. The van der Waals surface area contributed by atoms with Crippen LogP contribution in [0.2, 0.25) is 5.02 Å². The summed E-state index contributed by atoms with van der Waals surface area (Å²) in [6, 6.07) is 4.17. The number of carbonyl (C=O) groups is 1. The third-order valence-electron chi connectivity index (χ3n) is 4.04. The van der Waals surface area contributed by atoms with Crippen LogP contribution in [0.25, 0.3) is 0 Å². The van der Waals surface area contributed by atoms with E-state index < -0.39 is 5.82 Å². The van der Waals surface area contributed by atoms with E-state index in [-0.39, 0.29) is 18.6 Å². The molecule has 0 aliphatic carbocycles. The Bertz CT molecular complexity index is 677. The molecule has 1 unspecified atom stereocenters. The van der Waals surface area contributed by atoms with E-state index in [1.54, 1.807) is 29.4 Å². The zero-order valence-electron chi connectivity index (χ0n) is 12.6. The number of nitrogens with one attached hydrogen (secondary N) is 2. The number of aromatic amines is 1. The quantitative estimate of drug-likeness (QED) is 0.899. The molecule has 1 saturated heterocycles. The van der Waals surface area contributed by atoms with Crippen molar-refractivity contribution in [3.8, 4) is 0 Å². The number of likely N-dealkylation sites (tertiary alicyclic amines) is 1. The molecule has 2 heterocycles. The van der Waals surface area contributed by atoms with E-state index in [0.29, 0.717) is 17.1 Å². The van der Waals surface area contributed by atoms with Crippen molar-refractivity contribution in [1.82, 2.24) is 20.2 Å². The Hall–Kier alpha value is -2.08. The zero-order chi connectivity index (χ0) is 16.2. The average Bonchev–Trinajstić information content (AvgIpc) is 3.08. The highest BCUT2D eigenvalue weighted by atomic mass is 35.5. The molecule has 0 bridgehead atoms. The fraction of sp³-hybridized carbons (Fsp3) is 0.375. The molecule has 2 N–H and O–H groups in total. The molecule has 122 valence electrons. The number of benzene rings is 1. The second-order valence-corrected chi connectivity index (χ2v) is 6.01. The number of piperidine rings is 1. The second kappa shape index (κ2) is 7.00. The van der Waals surface area contributed by atoms with Gasteiger partial charge in [-0.05, 0) is 31.4 Å². The standard InChI is InChI=1S/C16H18ClFN4O/c17-12-5-4-11(13(18)9-12)10-21-16(23)22-8-2-1-3-14(22)15-19-6-7-20-15/h4-7,9,14H,1-3,8,10H2,(H,19,20)(H,21,23). The summed E-state index contributed by atoms with van der Waals surface area (Å²) in [6.07, 6.45) is 6.32. The molecule has 0 saturated carbocycles. The second-order valence-electron chi connectivity index (χ2n) is 5.57. The lowest BCUT2D eigenvalue weighted by atomic mass is 10.0. The number of nitrogens with zero attached hydrogens (tertiary/aromatic N) is 2. The summed E-state index contributed by atoms with van der Waals surface area (Å²) in [4.78, 5) is 21.6. The van der Waals surface area contributed by atoms with Crippen LogP contribution in [0.3, 0.4) is 0 Å². The molecule has 1 aliphatic rings. The summed E-state index contributed by atoms with van der Waals surface area (Å²) in [5.74, 6) is 0.372. The van der Waals surface area contributed by atoms with Gasteiger partial charge in [-0.25, -0.2) is 14.2 Å². The number of imidazole rings is 1. The smallest absolute Gasteiger partial charge is 0.318 e. The van der Waals surface area contributed by atoms with Crippen LogP contribution < -0.4 is 5.32 Å². The fourth-order valence-corrected chi connectivity index (χ4v) is 3.01. The van der Waals surface area contributed by atoms with E-state index in [1.165, 1.54) is 6.07 Å². The van der Waals surface area contributed by atoms with E-state index in [0.717, 1.165) is 25.1 Å². The maximum Gasteiger partial charge on any atom is 0.318 e. The number of halogens is 2. The van der Waals surface area contributed by atoms with Crippen LogP contribution in [0.1, 0.15) is 36.7 Å². The predicted octanol–water partition coefficient (Wildman–Crippen LogP) is 3.64. The third-order valence-corrected chi connectivity index (χ3v) is 4.28. The number of rotatable bonds is 3. The topological polar surface area (TPSA) is 61.0 Å². The van der Waals surface area contributed by atoms with Crippen LogP contribution in [0, 0.1) is 5.82 Å². The minimum absolute atomic E-state index is 0.0613. The van der Waals surface area contributed by atoms with Crippen LogP contribution >= 0.6 is 11.6 Å². The van der Waals surface area contributed by atoms with Gasteiger partial charge in [0.25, 0.3) is 0 Å². The molecule has 1 fully saturated rings. The first-order chi connectivity index (χ1) is 11.1. The normalized spacial score (nSPS) is 18.0. The number of hydrogen-bond donors (Lipinski definition) is 2. The van der Waals surface area contributed by atoms with Crippen LogP contribution in [-0.2, 0) is 6.54 Å². The Kier molecular flexibility index (Phi) is 4.81. The highest BCUT2D eigenvalue weighted by Gasteiger charge is 2.29. The minimum Gasteiger partial charge on any atom is -0.347 e. The summed E-state index contributed by atoms with van der Waals surface area (Å²) in [5.41, 5.74) is 0.411.